The van der Waals surface area contributed by atoms with Gasteiger partial charge >= 0.3 is 5.97 Å². The van der Waals surface area contributed by atoms with Crippen molar-refractivity contribution in [3.8, 4) is 0 Å². The van der Waals surface area contributed by atoms with Gasteiger partial charge < -0.3 is 15.7 Å². The topological polar surface area (TPSA) is 61.4 Å². The molecule has 14 heavy (non-hydrogen) atoms. The molecule has 1 saturated heterocycles. The molecule has 86 valence electrons. The predicted octanol–water partition coefficient (Wildman–Crippen LogP) is 0.862. The first-order valence-corrected chi connectivity index (χ1v) is 4.90. The van der Waals surface area contributed by atoms with Crippen molar-refractivity contribution in [2.24, 2.45) is 0 Å². The third kappa shape index (κ3) is 14.2. The van der Waals surface area contributed by atoms with E-state index in [-0.39, 0.29) is 12.4 Å². The van der Waals surface area contributed by atoms with Crippen LogP contribution >= 0.6 is 12.4 Å². The number of unbranched alkanes of at least 4 members (excludes halogenated alkanes) is 1. The zero-order valence-electron chi connectivity index (χ0n) is 8.71. The van der Waals surface area contributed by atoms with E-state index in [4.69, 9.17) is 5.11 Å². The summed E-state index contributed by atoms with van der Waals surface area (Å²) in [6.45, 7) is 6.53. The van der Waals surface area contributed by atoms with E-state index >= 15 is 0 Å². The highest BCUT2D eigenvalue weighted by molar-refractivity contribution is 5.85. The lowest BCUT2D eigenvalue weighted by molar-refractivity contribution is -0.137. The number of piperazine rings is 1. The molecular weight excluding hydrogens is 204 g/mol. The molecule has 0 amide bonds. The lowest BCUT2D eigenvalue weighted by Gasteiger charge is -2.11. The van der Waals surface area contributed by atoms with Gasteiger partial charge in [0.15, 0.2) is 0 Å². The Morgan fingerprint density at radius 2 is 1.64 bits per heavy atom. The summed E-state index contributed by atoms with van der Waals surface area (Å²) in [5, 5.41) is 14.5. The summed E-state index contributed by atoms with van der Waals surface area (Å²) in [5.41, 5.74) is 0. The molecule has 0 bridgehead atoms. The molecule has 0 atom stereocenters. The molecule has 4 nitrogen and oxygen atoms in total. The van der Waals surface area contributed by atoms with Gasteiger partial charge in [-0.25, -0.2) is 0 Å². The smallest absolute Gasteiger partial charge is 0.303 e. The number of carboxylic acid groups (broad SMARTS) is 1. The Morgan fingerprint density at radius 1 is 1.21 bits per heavy atom. The van der Waals surface area contributed by atoms with E-state index in [1.807, 2.05) is 6.92 Å². The van der Waals surface area contributed by atoms with Gasteiger partial charge in [0.2, 0.25) is 0 Å². The lowest BCUT2D eigenvalue weighted by Crippen LogP contribution is -2.39. The molecule has 0 radical (unpaired) electrons. The van der Waals surface area contributed by atoms with Crippen LogP contribution in [-0.4, -0.2) is 37.3 Å². The van der Waals surface area contributed by atoms with Crippen molar-refractivity contribution in [2.45, 2.75) is 26.2 Å². The van der Waals surface area contributed by atoms with Crippen molar-refractivity contribution in [3.05, 3.63) is 0 Å². The van der Waals surface area contributed by atoms with Crippen molar-refractivity contribution in [3.63, 3.8) is 0 Å². The van der Waals surface area contributed by atoms with Gasteiger partial charge in [0.1, 0.15) is 0 Å². The molecule has 0 spiro atoms. The fourth-order valence-corrected chi connectivity index (χ4v) is 0.932. The molecule has 1 rings (SSSR count). The Morgan fingerprint density at radius 3 is 1.79 bits per heavy atom. The van der Waals surface area contributed by atoms with Crippen LogP contribution in [0.1, 0.15) is 26.2 Å². The van der Waals surface area contributed by atoms with Gasteiger partial charge in [-0.2, -0.15) is 0 Å². The highest BCUT2D eigenvalue weighted by Crippen LogP contribution is 1.91. The third-order valence-corrected chi connectivity index (χ3v) is 1.70. The summed E-state index contributed by atoms with van der Waals surface area (Å²) in [5.74, 6) is -0.693. The van der Waals surface area contributed by atoms with Gasteiger partial charge in [0.05, 0.1) is 0 Å². The molecule has 0 saturated carbocycles. The maximum atomic E-state index is 9.76. The summed E-state index contributed by atoms with van der Waals surface area (Å²) in [4.78, 5) is 9.76. The van der Waals surface area contributed by atoms with Crippen LogP contribution < -0.4 is 10.6 Å². The van der Waals surface area contributed by atoms with Crippen LogP contribution in [-0.2, 0) is 4.79 Å². The minimum absolute atomic E-state index is 0. The summed E-state index contributed by atoms with van der Waals surface area (Å²) in [6, 6.07) is 0. The fourth-order valence-electron chi connectivity index (χ4n) is 0.932. The molecule has 1 aliphatic heterocycles. The molecule has 0 unspecified atom stereocenters. The van der Waals surface area contributed by atoms with E-state index in [0.29, 0.717) is 6.42 Å². The standard InChI is InChI=1S/C5H10O2.C4H10N2.ClH/c1-2-3-4-5(6)7;1-2-6-4-3-5-1;/h2-4H2,1H3,(H,6,7);5-6H,1-4H2;1H. The van der Waals surface area contributed by atoms with E-state index < -0.39 is 5.97 Å². The quantitative estimate of drug-likeness (QED) is 0.666. The number of carbonyl (C=O) groups is 1. The van der Waals surface area contributed by atoms with E-state index in [1.54, 1.807) is 0 Å². The second-order valence-electron chi connectivity index (χ2n) is 3.00. The second kappa shape index (κ2) is 12.7. The van der Waals surface area contributed by atoms with Crippen molar-refractivity contribution in [2.75, 3.05) is 26.2 Å². The highest BCUT2D eigenvalue weighted by atomic mass is 35.5. The molecular formula is C9H21ClN2O2. The van der Waals surface area contributed by atoms with Crippen LogP contribution in [0.3, 0.4) is 0 Å². The Kier molecular flexibility index (Phi) is 14.6. The highest BCUT2D eigenvalue weighted by Gasteiger charge is 1.91. The van der Waals surface area contributed by atoms with Gasteiger partial charge in [-0.05, 0) is 6.42 Å². The lowest BCUT2D eigenvalue weighted by atomic mass is 10.3. The Labute approximate surface area is 91.9 Å². The van der Waals surface area contributed by atoms with Crippen LogP contribution in [0.25, 0.3) is 0 Å². The molecule has 1 fully saturated rings. The minimum atomic E-state index is -0.693. The minimum Gasteiger partial charge on any atom is -0.481 e. The molecule has 0 aromatic rings. The maximum absolute atomic E-state index is 9.76. The molecule has 0 aromatic carbocycles. The average Bonchev–Trinajstić information content (AvgIpc) is 2.18. The normalized spacial score (nSPS) is 14.6. The maximum Gasteiger partial charge on any atom is 0.303 e. The first-order valence-electron chi connectivity index (χ1n) is 4.90. The van der Waals surface area contributed by atoms with E-state index in [9.17, 15) is 4.79 Å². The number of hydrogen-bond donors (Lipinski definition) is 3. The summed E-state index contributed by atoms with van der Waals surface area (Å²) < 4.78 is 0. The number of nitrogens with one attached hydrogen (secondary N) is 2. The van der Waals surface area contributed by atoms with E-state index in [0.717, 1.165) is 39.0 Å². The first kappa shape index (κ1) is 16.1. The number of hydrogen-bond acceptors (Lipinski definition) is 3. The second-order valence-corrected chi connectivity index (χ2v) is 3.00. The van der Waals surface area contributed by atoms with Crippen molar-refractivity contribution in [1.29, 1.82) is 0 Å². The van der Waals surface area contributed by atoms with Crippen molar-refractivity contribution in [1.82, 2.24) is 10.6 Å². The van der Waals surface area contributed by atoms with Gasteiger partial charge in [-0.3, -0.25) is 4.79 Å². The Balaban J connectivity index is 0. The number of rotatable bonds is 3. The van der Waals surface area contributed by atoms with Crippen LogP contribution in [0.15, 0.2) is 0 Å². The largest absolute Gasteiger partial charge is 0.481 e. The van der Waals surface area contributed by atoms with Crippen LogP contribution in [0, 0.1) is 0 Å². The summed E-state index contributed by atoms with van der Waals surface area (Å²) in [7, 11) is 0. The molecule has 0 aromatic heterocycles. The SMILES string of the molecule is C1CNCCN1.CCCCC(=O)O.Cl. The molecule has 1 aliphatic rings. The predicted molar refractivity (Wildman–Crippen MR) is 60.1 cm³/mol. The fraction of sp³-hybridized carbons (Fsp3) is 0.889. The number of aliphatic carboxylic acids is 1. The Bertz CT molecular complexity index is 118. The average molecular weight is 225 g/mol. The molecule has 0 aliphatic carbocycles. The van der Waals surface area contributed by atoms with Gasteiger partial charge in [0.25, 0.3) is 0 Å². The monoisotopic (exact) mass is 224 g/mol. The first-order chi connectivity index (χ1) is 6.27. The van der Waals surface area contributed by atoms with Crippen LogP contribution in [0.2, 0.25) is 0 Å². The third-order valence-electron chi connectivity index (χ3n) is 1.70. The van der Waals surface area contributed by atoms with E-state index in [2.05, 4.69) is 10.6 Å². The van der Waals surface area contributed by atoms with Crippen molar-refractivity contribution < 1.29 is 9.90 Å². The van der Waals surface area contributed by atoms with Gasteiger partial charge in [-0.15, -0.1) is 12.4 Å². The number of carboxylic acids is 1. The molecule has 3 N–H and O–H groups in total. The zero-order valence-corrected chi connectivity index (χ0v) is 9.53. The zero-order chi connectivity index (χ0) is 9.94. The molecule has 1 heterocycles. The molecule has 5 heteroatoms. The van der Waals surface area contributed by atoms with Crippen LogP contribution in [0.4, 0.5) is 0 Å². The van der Waals surface area contributed by atoms with Gasteiger partial charge in [0, 0.05) is 32.6 Å². The Hall–Kier alpha value is -0.320. The van der Waals surface area contributed by atoms with Gasteiger partial charge in [-0.1, -0.05) is 13.3 Å². The number of halogens is 1. The van der Waals surface area contributed by atoms with Crippen LogP contribution in [0.5, 0.6) is 0 Å². The summed E-state index contributed by atoms with van der Waals surface area (Å²) in [6.07, 6.45) is 2.08. The summed E-state index contributed by atoms with van der Waals surface area (Å²) >= 11 is 0. The van der Waals surface area contributed by atoms with Crippen molar-refractivity contribution >= 4 is 18.4 Å². The van der Waals surface area contributed by atoms with E-state index in [1.165, 1.54) is 0 Å².